The predicted molar refractivity (Wildman–Crippen MR) is 77.8 cm³/mol. The SMILES string of the molecule is C=C[C@@H]1C(=O)O[C@@H](CI)[C@H]1c1ccc2c(c1)OCO2. The molecule has 0 spiro atoms. The van der Waals surface area contributed by atoms with Crippen LogP contribution in [0.2, 0.25) is 0 Å². The van der Waals surface area contributed by atoms with Crippen LogP contribution >= 0.6 is 22.6 Å². The highest BCUT2D eigenvalue weighted by atomic mass is 127. The molecule has 1 aromatic carbocycles. The molecule has 3 atom stereocenters. The van der Waals surface area contributed by atoms with Gasteiger partial charge in [-0.25, -0.2) is 0 Å². The molecule has 0 unspecified atom stereocenters. The monoisotopic (exact) mass is 372 g/mol. The fourth-order valence-electron chi connectivity index (χ4n) is 2.59. The van der Waals surface area contributed by atoms with E-state index < -0.39 is 0 Å². The number of alkyl halides is 1. The average molecular weight is 372 g/mol. The number of rotatable bonds is 3. The molecule has 1 saturated heterocycles. The molecule has 0 radical (unpaired) electrons. The molecule has 3 rings (SSSR count). The van der Waals surface area contributed by atoms with Gasteiger partial charge in [0.25, 0.3) is 0 Å². The lowest BCUT2D eigenvalue weighted by Gasteiger charge is -2.18. The third-order valence-electron chi connectivity index (χ3n) is 3.51. The molecular formula is C14H13IO4. The van der Waals surface area contributed by atoms with Crippen molar-refractivity contribution in [3.63, 3.8) is 0 Å². The highest BCUT2D eigenvalue weighted by Crippen LogP contribution is 2.42. The normalized spacial score (nSPS) is 28.3. The van der Waals surface area contributed by atoms with Crippen LogP contribution in [0.5, 0.6) is 11.5 Å². The number of fused-ring (bicyclic) bond motifs is 1. The van der Waals surface area contributed by atoms with E-state index in [2.05, 4.69) is 29.2 Å². The fourth-order valence-corrected chi connectivity index (χ4v) is 3.32. The number of esters is 1. The van der Waals surface area contributed by atoms with Gasteiger partial charge in [-0.05, 0) is 17.7 Å². The van der Waals surface area contributed by atoms with Gasteiger partial charge in [-0.15, -0.1) is 6.58 Å². The highest BCUT2D eigenvalue weighted by molar-refractivity contribution is 14.1. The molecule has 1 aromatic rings. The van der Waals surface area contributed by atoms with E-state index in [0.29, 0.717) is 0 Å². The van der Waals surface area contributed by atoms with Crippen LogP contribution in [0, 0.1) is 5.92 Å². The number of hydrogen-bond acceptors (Lipinski definition) is 4. The van der Waals surface area contributed by atoms with Crippen LogP contribution in [0.15, 0.2) is 30.9 Å². The van der Waals surface area contributed by atoms with Gasteiger partial charge in [0.1, 0.15) is 6.10 Å². The maximum atomic E-state index is 11.8. The first-order valence-corrected chi connectivity index (χ1v) is 7.55. The van der Waals surface area contributed by atoms with Gasteiger partial charge in [-0.3, -0.25) is 4.79 Å². The number of halogens is 1. The molecule has 0 aromatic heterocycles. The summed E-state index contributed by atoms with van der Waals surface area (Å²) in [4.78, 5) is 11.8. The van der Waals surface area contributed by atoms with Crippen LogP contribution in [0.1, 0.15) is 11.5 Å². The minimum Gasteiger partial charge on any atom is -0.460 e. The molecule has 4 nitrogen and oxygen atoms in total. The third kappa shape index (κ3) is 2.09. The van der Waals surface area contributed by atoms with Crippen molar-refractivity contribution < 1.29 is 19.0 Å². The van der Waals surface area contributed by atoms with E-state index in [-0.39, 0.29) is 30.7 Å². The molecule has 1 fully saturated rings. The van der Waals surface area contributed by atoms with Crippen molar-refractivity contribution >= 4 is 28.6 Å². The number of ether oxygens (including phenoxy) is 3. The van der Waals surface area contributed by atoms with E-state index in [9.17, 15) is 4.79 Å². The maximum Gasteiger partial charge on any atom is 0.313 e. The second-order valence-corrected chi connectivity index (χ2v) is 5.41. The Balaban J connectivity index is 1.98. The Hall–Kier alpha value is -1.24. The van der Waals surface area contributed by atoms with Crippen molar-refractivity contribution in [2.45, 2.75) is 12.0 Å². The van der Waals surface area contributed by atoms with Crippen LogP contribution < -0.4 is 9.47 Å². The van der Waals surface area contributed by atoms with E-state index in [1.54, 1.807) is 6.08 Å². The highest BCUT2D eigenvalue weighted by Gasteiger charge is 2.43. The lowest BCUT2D eigenvalue weighted by atomic mass is 9.84. The van der Waals surface area contributed by atoms with E-state index in [1.165, 1.54) is 0 Å². The van der Waals surface area contributed by atoms with Crippen molar-refractivity contribution in [1.82, 2.24) is 0 Å². The minimum absolute atomic E-state index is 0.00333. The molecule has 19 heavy (non-hydrogen) atoms. The molecule has 0 aliphatic carbocycles. The van der Waals surface area contributed by atoms with E-state index in [0.717, 1.165) is 21.5 Å². The zero-order chi connectivity index (χ0) is 13.4. The Morgan fingerprint density at radius 1 is 1.37 bits per heavy atom. The Bertz CT molecular complexity index is 528. The summed E-state index contributed by atoms with van der Waals surface area (Å²) in [5.41, 5.74) is 1.03. The van der Waals surface area contributed by atoms with E-state index >= 15 is 0 Å². The lowest BCUT2D eigenvalue weighted by Crippen LogP contribution is -2.19. The van der Waals surface area contributed by atoms with E-state index in [1.807, 2.05) is 18.2 Å². The summed E-state index contributed by atoms with van der Waals surface area (Å²) in [6.07, 6.45) is 1.56. The fraction of sp³-hybridized carbons (Fsp3) is 0.357. The Labute approximate surface area is 124 Å². The van der Waals surface area contributed by atoms with Crippen molar-refractivity contribution in [3.05, 3.63) is 36.4 Å². The number of hydrogen-bond donors (Lipinski definition) is 0. The maximum absolute atomic E-state index is 11.8. The van der Waals surface area contributed by atoms with Gasteiger partial charge in [0.15, 0.2) is 11.5 Å². The van der Waals surface area contributed by atoms with Crippen LogP contribution in [-0.2, 0) is 9.53 Å². The second-order valence-electron chi connectivity index (χ2n) is 4.53. The van der Waals surface area contributed by atoms with Crippen molar-refractivity contribution in [2.75, 3.05) is 11.2 Å². The lowest BCUT2D eigenvalue weighted by molar-refractivity contribution is -0.142. The van der Waals surface area contributed by atoms with Crippen LogP contribution in [0.3, 0.4) is 0 Å². The van der Waals surface area contributed by atoms with Gasteiger partial charge in [0.05, 0.1) is 5.92 Å². The average Bonchev–Trinajstić information content (AvgIpc) is 3.00. The molecule has 0 amide bonds. The van der Waals surface area contributed by atoms with Gasteiger partial charge in [-0.1, -0.05) is 34.7 Å². The predicted octanol–water partition coefficient (Wildman–Crippen LogP) is 2.66. The molecule has 2 heterocycles. The first-order chi connectivity index (χ1) is 9.24. The number of benzene rings is 1. The molecule has 0 N–H and O–H groups in total. The molecule has 5 heteroatoms. The van der Waals surface area contributed by atoms with Crippen LogP contribution in [0.4, 0.5) is 0 Å². The number of cyclic esters (lactones) is 1. The summed E-state index contributed by atoms with van der Waals surface area (Å²) in [5, 5.41) is 0. The summed E-state index contributed by atoms with van der Waals surface area (Å²) in [7, 11) is 0. The number of carbonyl (C=O) groups is 1. The summed E-state index contributed by atoms with van der Waals surface area (Å²) in [6, 6.07) is 5.78. The second kappa shape index (κ2) is 5.03. The number of carbonyl (C=O) groups excluding carboxylic acids is 1. The molecule has 2 aliphatic rings. The topological polar surface area (TPSA) is 44.8 Å². The molecule has 2 aliphatic heterocycles. The minimum atomic E-state index is -0.292. The molecule has 0 bridgehead atoms. The Morgan fingerprint density at radius 2 is 2.16 bits per heavy atom. The first-order valence-electron chi connectivity index (χ1n) is 6.03. The summed E-state index contributed by atoms with van der Waals surface area (Å²) >= 11 is 2.24. The van der Waals surface area contributed by atoms with Crippen molar-refractivity contribution in [3.8, 4) is 11.5 Å². The zero-order valence-electron chi connectivity index (χ0n) is 10.2. The van der Waals surface area contributed by atoms with Crippen molar-refractivity contribution in [1.29, 1.82) is 0 Å². The Morgan fingerprint density at radius 3 is 2.89 bits per heavy atom. The summed E-state index contributed by atoms with van der Waals surface area (Å²) in [6.45, 7) is 4.00. The molecular weight excluding hydrogens is 359 g/mol. The largest absolute Gasteiger partial charge is 0.460 e. The molecule has 100 valence electrons. The van der Waals surface area contributed by atoms with Crippen LogP contribution in [-0.4, -0.2) is 23.3 Å². The third-order valence-corrected chi connectivity index (χ3v) is 4.38. The molecule has 0 saturated carbocycles. The Kier molecular flexibility index (Phi) is 3.38. The van der Waals surface area contributed by atoms with Gasteiger partial charge in [0, 0.05) is 10.3 Å². The van der Waals surface area contributed by atoms with E-state index in [4.69, 9.17) is 14.2 Å². The quantitative estimate of drug-likeness (QED) is 0.354. The van der Waals surface area contributed by atoms with Crippen LogP contribution in [0.25, 0.3) is 0 Å². The standard InChI is InChI=1S/C14H13IO4/c1-2-9-13(12(6-15)19-14(9)16)8-3-4-10-11(5-8)18-7-17-10/h2-5,9,12-13H,1,6-7H2/t9-,12-,13-/m0/s1. The van der Waals surface area contributed by atoms with Crippen molar-refractivity contribution in [2.24, 2.45) is 5.92 Å². The van der Waals surface area contributed by atoms with Gasteiger partial charge in [-0.2, -0.15) is 0 Å². The van der Waals surface area contributed by atoms with Gasteiger partial charge in [0.2, 0.25) is 6.79 Å². The zero-order valence-corrected chi connectivity index (χ0v) is 12.3. The van der Waals surface area contributed by atoms with Gasteiger partial charge >= 0.3 is 5.97 Å². The van der Waals surface area contributed by atoms with Gasteiger partial charge < -0.3 is 14.2 Å². The summed E-state index contributed by atoms with van der Waals surface area (Å²) < 4.78 is 16.9. The summed E-state index contributed by atoms with van der Waals surface area (Å²) in [5.74, 6) is 0.984. The first kappa shape index (κ1) is 12.8. The smallest absolute Gasteiger partial charge is 0.313 e.